The number of amides is 1. The first-order valence-electron chi connectivity index (χ1n) is 10.1. The fraction of sp³-hybridized carbons (Fsp3) is 0.947. The summed E-state index contributed by atoms with van der Waals surface area (Å²) in [5.41, 5.74) is 0. The molecule has 1 saturated carbocycles. The predicted octanol–water partition coefficient (Wildman–Crippen LogP) is 4.85. The molecule has 3 fully saturated rings. The second-order valence-corrected chi connectivity index (χ2v) is 10.5. The van der Waals surface area contributed by atoms with Gasteiger partial charge in [0.05, 0.1) is 0 Å². The van der Waals surface area contributed by atoms with Crippen LogP contribution in [0.5, 0.6) is 0 Å². The molecule has 0 aromatic carbocycles. The molecule has 2 heterocycles. The van der Waals surface area contributed by atoms with E-state index in [1.165, 1.54) is 63.7 Å². The lowest BCUT2D eigenvalue weighted by Crippen LogP contribution is -2.49. The number of nitrogens with zero attached hydrogens (tertiary/aromatic N) is 2. The van der Waals surface area contributed by atoms with Crippen molar-refractivity contribution < 1.29 is 4.79 Å². The molecule has 1 amide bonds. The summed E-state index contributed by atoms with van der Waals surface area (Å²) in [6.07, 6.45) is 12.9. The number of carbonyl (C=O) groups is 1. The normalized spacial score (nSPS) is 25.8. The van der Waals surface area contributed by atoms with Gasteiger partial charge >= 0.3 is 0 Å². The number of carbonyl (C=O) groups excluding carboxylic acids is 1. The van der Waals surface area contributed by atoms with E-state index in [4.69, 9.17) is 0 Å². The minimum absolute atomic E-state index is 0. The SMILES string of the molecule is Cl.O=C(CCCCC1CCSS1)N1CCN(CC2CCCCC2)CC1. The summed E-state index contributed by atoms with van der Waals surface area (Å²) in [5.74, 6) is 2.65. The Bertz CT molecular complexity index is 380. The summed E-state index contributed by atoms with van der Waals surface area (Å²) in [6.45, 7) is 5.39. The minimum atomic E-state index is 0. The van der Waals surface area contributed by atoms with Gasteiger partial charge in [0.2, 0.25) is 5.91 Å². The molecule has 0 spiro atoms. The van der Waals surface area contributed by atoms with Gasteiger partial charge in [0.1, 0.15) is 0 Å². The van der Waals surface area contributed by atoms with Crippen LogP contribution in [0.25, 0.3) is 0 Å². The summed E-state index contributed by atoms with van der Waals surface area (Å²) in [4.78, 5) is 17.1. The van der Waals surface area contributed by atoms with Gasteiger partial charge in [0, 0.05) is 50.1 Å². The third kappa shape index (κ3) is 7.51. The van der Waals surface area contributed by atoms with Crippen molar-refractivity contribution in [3.05, 3.63) is 0 Å². The first-order valence-corrected chi connectivity index (χ1v) is 12.5. The fourth-order valence-corrected chi connectivity index (χ4v) is 7.31. The Morgan fingerprint density at radius 3 is 2.40 bits per heavy atom. The average Bonchev–Trinajstić information content (AvgIpc) is 3.13. The van der Waals surface area contributed by atoms with E-state index < -0.39 is 0 Å². The second kappa shape index (κ2) is 12.0. The number of hydrogen-bond donors (Lipinski definition) is 0. The lowest BCUT2D eigenvalue weighted by atomic mass is 9.89. The van der Waals surface area contributed by atoms with E-state index in [1.54, 1.807) is 0 Å². The molecule has 25 heavy (non-hydrogen) atoms. The van der Waals surface area contributed by atoms with Crippen molar-refractivity contribution in [1.82, 2.24) is 9.80 Å². The highest BCUT2D eigenvalue weighted by Crippen LogP contribution is 2.39. The van der Waals surface area contributed by atoms with E-state index >= 15 is 0 Å². The van der Waals surface area contributed by atoms with E-state index in [1.807, 2.05) is 10.8 Å². The molecule has 3 rings (SSSR count). The minimum Gasteiger partial charge on any atom is -0.340 e. The quantitative estimate of drug-likeness (QED) is 0.445. The molecule has 0 aromatic rings. The topological polar surface area (TPSA) is 23.6 Å². The van der Waals surface area contributed by atoms with Crippen molar-refractivity contribution in [2.24, 2.45) is 5.92 Å². The third-order valence-electron chi connectivity index (χ3n) is 5.86. The number of rotatable bonds is 7. The first-order chi connectivity index (χ1) is 11.8. The highest BCUT2D eigenvalue weighted by Gasteiger charge is 2.23. The largest absolute Gasteiger partial charge is 0.340 e. The van der Waals surface area contributed by atoms with Gasteiger partial charge < -0.3 is 4.90 Å². The van der Waals surface area contributed by atoms with Gasteiger partial charge in [-0.25, -0.2) is 0 Å². The van der Waals surface area contributed by atoms with Crippen molar-refractivity contribution in [2.45, 2.75) is 69.5 Å². The van der Waals surface area contributed by atoms with Crippen molar-refractivity contribution in [3.8, 4) is 0 Å². The molecule has 2 saturated heterocycles. The molecule has 3 aliphatic rings. The molecular formula is C19H35ClN2OS2. The fourth-order valence-electron chi connectivity index (χ4n) is 4.29. The Labute approximate surface area is 168 Å². The molecule has 1 atom stereocenters. The van der Waals surface area contributed by atoms with Crippen LogP contribution in [0.2, 0.25) is 0 Å². The molecule has 2 aliphatic heterocycles. The maximum atomic E-state index is 12.4. The molecule has 0 radical (unpaired) electrons. The standard InChI is InChI=1S/C19H34N2OS2.ClH/c22-19(9-5-4-8-18-10-15-23-24-18)21-13-11-20(12-14-21)16-17-6-2-1-3-7-17;/h17-18H,1-16H2;1H. The Morgan fingerprint density at radius 1 is 0.960 bits per heavy atom. The van der Waals surface area contributed by atoms with Crippen LogP contribution >= 0.6 is 34.0 Å². The van der Waals surface area contributed by atoms with Gasteiger partial charge in [0.15, 0.2) is 0 Å². The van der Waals surface area contributed by atoms with E-state index in [0.717, 1.165) is 50.2 Å². The van der Waals surface area contributed by atoms with Crippen LogP contribution in [0.1, 0.15) is 64.2 Å². The van der Waals surface area contributed by atoms with Gasteiger partial charge in [-0.1, -0.05) is 47.3 Å². The van der Waals surface area contributed by atoms with Crippen molar-refractivity contribution in [2.75, 3.05) is 38.5 Å². The average molecular weight is 407 g/mol. The summed E-state index contributed by atoms with van der Waals surface area (Å²) in [5, 5.41) is 0.855. The van der Waals surface area contributed by atoms with E-state index in [2.05, 4.69) is 20.6 Å². The highest BCUT2D eigenvalue weighted by atomic mass is 35.5. The van der Waals surface area contributed by atoms with Gasteiger partial charge in [-0.15, -0.1) is 12.4 Å². The van der Waals surface area contributed by atoms with Crippen LogP contribution in [0.3, 0.4) is 0 Å². The number of hydrogen-bond acceptors (Lipinski definition) is 4. The lowest BCUT2D eigenvalue weighted by Gasteiger charge is -2.37. The molecule has 3 nitrogen and oxygen atoms in total. The van der Waals surface area contributed by atoms with Crippen molar-refractivity contribution in [1.29, 1.82) is 0 Å². The monoisotopic (exact) mass is 406 g/mol. The number of piperazine rings is 1. The van der Waals surface area contributed by atoms with Gasteiger partial charge in [-0.05, 0) is 38.0 Å². The third-order valence-corrected chi connectivity index (χ3v) is 8.87. The van der Waals surface area contributed by atoms with E-state index in [9.17, 15) is 4.79 Å². The number of halogens is 1. The van der Waals surface area contributed by atoms with Crippen molar-refractivity contribution >= 4 is 39.9 Å². The lowest BCUT2D eigenvalue weighted by molar-refractivity contribution is -0.133. The highest BCUT2D eigenvalue weighted by molar-refractivity contribution is 8.77. The zero-order valence-corrected chi connectivity index (χ0v) is 17.9. The Balaban J connectivity index is 0.00000225. The molecule has 6 heteroatoms. The van der Waals surface area contributed by atoms with Crippen LogP contribution < -0.4 is 0 Å². The van der Waals surface area contributed by atoms with Crippen LogP contribution in [0.15, 0.2) is 0 Å². The molecular weight excluding hydrogens is 372 g/mol. The molecule has 0 aromatic heterocycles. The second-order valence-electron chi connectivity index (χ2n) is 7.76. The molecule has 1 unspecified atom stereocenters. The maximum absolute atomic E-state index is 12.4. The summed E-state index contributed by atoms with van der Waals surface area (Å²) >= 11 is 0. The molecule has 0 bridgehead atoms. The molecule has 1 aliphatic carbocycles. The maximum Gasteiger partial charge on any atom is 0.222 e. The summed E-state index contributed by atoms with van der Waals surface area (Å²) in [7, 11) is 4.08. The van der Waals surface area contributed by atoms with E-state index in [0.29, 0.717) is 5.91 Å². The Morgan fingerprint density at radius 2 is 1.72 bits per heavy atom. The van der Waals surface area contributed by atoms with Crippen LogP contribution in [-0.2, 0) is 4.79 Å². The van der Waals surface area contributed by atoms with Crippen LogP contribution in [0.4, 0.5) is 0 Å². The zero-order chi connectivity index (χ0) is 16.6. The van der Waals surface area contributed by atoms with Crippen LogP contribution in [0, 0.1) is 5.92 Å². The first kappa shape index (κ1) is 21.7. The summed E-state index contributed by atoms with van der Waals surface area (Å²) in [6, 6.07) is 0. The molecule has 0 N–H and O–H groups in total. The Kier molecular flexibility index (Phi) is 10.4. The Hall–Kier alpha value is 0.420. The van der Waals surface area contributed by atoms with E-state index in [-0.39, 0.29) is 12.4 Å². The smallest absolute Gasteiger partial charge is 0.222 e. The predicted molar refractivity (Wildman–Crippen MR) is 114 cm³/mol. The molecule has 146 valence electrons. The van der Waals surface area contributed by atoms with Gasteiger partial charge in [-0.2, -0.15) is 0 Å². The number of unbranched alkanes of at least 4 members (excludes halogenated alkanes) is 1. The zero-order valence-electron chi connectivity index (χ0n) is 15.5. The van der Waals surface area contributed by atoms with Crippen molar-refractivity contribution in [3.63, 3.8) is 0 Å². The van der Waals surface area contributed by atoms with Gasteiger partial charge in [0.25, 0.3) is 0 Å². The van der Waals surface area contributed by atoms with Gasteiger partial charge in [-0.3, -0.25) is 9.69 Å². The van der Waals surface area contributed by atoms with Crippen LogP contribution in [-0.4, -0.2) is 59.4 Å². The summed E-state index contributed by atoms with van der Waals surface area (Å²) < 4.78 is 0.